The summed E-state index contributed by atoms with van der Waals surface area (Å²) in [7, 11) is 10.6. The fourth-order valence-electron chi connectivity index (χ4n) is 4.08. The van der Waals surface area contributed by atoms with Crippen molar-refractivity contribution in [2.24, 2.45) is 16.2 Å². The Kier molecular flexibility index (Phi) is 10.7. The third kappa shape index (κ3) is 8.75. The molecule has 5 heteroatoms. The van der Waals surface area contributed by atoms with E-state index in [1.54, 1.807) is 7.11 Å². The van der Waals surface area contributed by atoms with Crippen molar-refractivity contribution in [1.29, 1.82) is 0 Å². The van der Waals surface area contributed by atoms with Crippen LogP contribution in [-0.2, 0) is 9.47 Å². The Labute approximate surface area is 184 Å². The third-order valence-corrected chi connectivity index (χ3v) is 8.80. The maximum atomic E-state index is 6.51. The zero-order valence-corrected chi connectivity index (χ0v) is 24.3. The van der Waals surface area contributed by atoms with Crippen molar-refractivity contribution in [2.75, 3.05) is 19.9 Å². The van der Waals surface area contributed by atoms with Crippen LogP contribution in [0.3, 0.4) is 0 Å². The highest BCUT2D eigenvalue weighted by atomic mass is 31.0. The summed E-state index contributed by atoms with van der Waals surface area (Å²) in [5.41, 5.74) is 0.351. The van der Waals surface area contributed by atoms with Crippen LogP contribution in [0.4, 0.5) is 0 Å². The van der Waals surface area contributed by atoms with E-state index >= 15 is 0 Å². The van der Waals surface area contributed by atoms with Gasteiger partial charge in [-0.2, -0.15) is 0 Å². The molecule has 0 saturated carbocycles. The lowest BCUT2D eigenvalue weighted by molar-refractivity contribution is -0.105. The highest BCUT2D eigenvalue weighted by Gasteiger charge is 2.44. The van der Waals surface area contributed by atoms with E-state index in [1.165, 1.54) is 0 Å². The number of hydrogen-bond donors (Lipinski definition) is 0. The van der Waals surface area contributed by atoms with Gasteiger partial charge in [-0.15, -0.1) is 27.7 Å². The molecule has 5 unspecified atom stereocenters. The van der Waals surface area contributed by atoms with E-state index in [0.29, 0.717) is 0 Å². The number of ether oxygens (including phenoxy) is 2. The predicted molar refractivity (Wildman–Crippen MR) is 138 cm³/mol. The summed E-state index contributed by atoms with van der Waals surface area (Å²) in [6.45, 7) is 23.9. The van der Waals surface area contributed by atoms with E-state index in [4.69, 9.17) is 9.47 Å². The molecule has 2 nitrogen and oxygen atoms in total. The first kappa shape index (κ1) is 29.2. The topological polar surface area (TPSA) is 18.5 Å². The van der Waals surface area contributed by atoms with E-state index in [-0.39, 0.29) is 32.3 Å². The summed E-state index contributed by atoms with van der Waals surface area (Å²) in [5.74, 6) is 0. The third-order valence-electron chi connectivity index (χ3n) is 7.25. The fraction of sp³-hybridized carbons (Fsp3) is 1.00. The Balaban J connectivity index is 4.90. The Morgan fingerprint density at radius 3 is 1.64 bits per heavy atom. The maximum absolute atomic E-state index is 6.51. The van der Waals surface area contributed by atoms with Gasteiger partial charge in [0.15, 0.2) is 0 Å². The smallest absolute Gasteiger partial charge is 0.0786 e. The summed E-state index contributed by atoms with van der Waals surface area (Å²) >= 11 is 0. The van der Waals surface area contributed by atoms with Gasteiger partial charge in [0.1, 0.15) is 0 Å². The molecular weight excluding hydrogens is 401 g/mol. The van der Waals surface area contributed by atoms with Gasteiger partial charge in [-0.25, -0.2) is 0 Å². The van der Waals surface area contributed by atoms with Crippen molar-refractivity contribution in [3.8, 4) is 0 Å². The molecule has 0 N–H and O–H groups in total. The maximum Gasteiger partial charge on any atom is 0.0786 e. The van der Waals surface area contributed by atoms with E-state index in [9.17, 15) is 0 Å². The van der Waals surface area contributed by atoms with Crippen LogP contribution in [0.1, 0.15) is 94.9 Å². The standard InChI is InChI=1S/C23H51O2P3/c1-18(2,19(3,4)15-23(10,28)24-11)13-12-14-25-21(7,8)22(9,17-26)16-20(5,6)27/h12-17,26-28H2,1-11H3. The van der Waals surface area contributed by atoms with Crippen molar-refractivity contribution in [2.45, 2.75) is 111 Å². The predicted octanol–water partition coefficient (Wildman–Crippen LogP) is 7.17. The minimum atomic E-state index is -0.176. The van der Waals surface area contributed by atoms with Crippen LogP contribution in [0.15, 0.2) is 0 Å². The molecular formula is C23H51O2P3. The van der Waals surface area contributed by atoms with Gasteiger partial charge < -0.3 is 9.47 Å². The second-order valence-electron chi connectivity index (χ2n) is 11.9. The molecule has 0 amide bonds. The van der Waals surface area contributed by atoms with Gasteiger partial charge in [0.25, 0.3) is 0 Å². The van der Waals surface area contributed by atoms with Crippen molar-refractivity contribution in [3.05, 3.63) is 0 Å². The quantitative estimate of drug-likeness (QED) is 0.218. The SMILES string of the molecule is COC(C)(P)CC(C)(C)C(C)(C)CCCOC(C)(C)C(C)(CP)CC(C)(C)P. The molecule has 0 spiro atoms. The van der Waals surface area contributed by atoms with E-state index < -0.39 is 0 Å². The van der Waals surface area contributed by atoms with Gasteiger partial charge in [-0.1, -0.05) is 48.5 Å². The van der Waals surface area contributed by atoms with Crippen LogP contribution in [0.5, 0.6) is 0 Å². The summed E-state index contributed by atoms with van der Waals surface area (Å²) < 4.78 is 12.2. The van der Waals surface area contributed by atoms with Crippen molar-refractivity contribution < 1.29 is 9.47 Å². The summed E-state index contributed by atoms with van der Waals surface area (Å²) in [6, 6.07) is 0. The first-order valence-corrected chi connectivity index (χ1v) is 12.7. The fourth-order valence-corrected chi connectivity index (χ4v) is 5.68. The van der Waals surface area contributed by atoms with Crippen LogP contribution < -0.4 is 0 Å². The molecule has 0 aromatic carbocycles. The molecule has 170 valence electrons. The lowest BCUT2D eigenvalue weighted by atomic mass is 9.63. The number of methoxy groups -OCH3 is 1. The van der Waals surface area contributed by atoms with E-state index in [1.807, 2.05) is 0 Å². The molecule has 0 saturated heterocycles. The monoisotopic (exact) mass is 452 g/mol. The van der Waals surface area contributed by atoms with Gasteiger partial charge in [-0.3, -0.25) is 0 Å². The summed E-state index contributed by atoms with van der Waals surface area (Å²) in [4.78, 5) is 0. The summed E-state index contributed by atoms with van der Waals surface area (Å²) in [6.07, 6.45) is 5.39. The molecule has 0 aliphatic heterocycles. The van der Waals surface area contributed by atoms with Gasteiger partial charge in [-0.05, 0) is 68.6 Å². The van der Waals surface area contributed by atoms with Crippen molar-refractivity contribution in [3.63, 3.8) is 0 Å². The highest BCUT2D eigenvalue weighted by Crippen LogP contribution is 2.49. The second-order valence-corrected chi connectivity index (χ2v) is 15.0. The molecule has 28 heavy (non-hydrogen) atoms. The largest absolute Gasteiger partial charge is 0.375 e. The van der Waals surface area contributed by atoms with Crippen LogP contribution in [0, 0.1) is 16.2 Å². The van der Waals surface area contributed by atoms with Gasteiger partial charge in [0.2, 0.25) is 0 Å². The molecule has 0 radical (unpaired) electrons. The molecule has 0 rings (SSSR count). The van der Waals surface area contributed by atoms with Crippen molar-refractivity contribution in [1.82, 2.24) is 0 Å². The average molecular weight is 453 g/mol. The van der Waals surface area contributed by atoms with E-state index in [2.05, 4.69) is 97.0 Å². The van der Waals surface area contributed by atoms with E-state index in [0.717, 1.165) is 38.5 Å². The first-order valence-electron chi connectivity index (χ1n) is 10.7. The number of rotatable bonds is 13. The van der Waals surface area contributed by atoms with Crippen LogP contribution >= 0.6 is 27.7 Å². The molecule has 0 aliphatic carbocycles. The normalized spacial score (nSPS) is 18.6. The second kappa shape index (κ2) is 10.2. The van der Waals surface area contributed by atoms with Crippen LogP contribution in [0.25, 0.3) is 0 Å². The molecule has 0 aliphatic rings. The minimum Gasteiger partial charge on any atom is -0.375 e. The molecule has 0 aromatic heterocycles. The zero-order chi connectivity index (χ0) is 22.7. The molecule has 0 heterocycles. The average Bonchev–Trinajstić information content (AvgIpc) is 2.48. The Hall–Kier alpha value is 1.21. The van der Waals surface area contributed by atoms with Crippen LogP contribution in [-0.4, -0.2) is 36.0 Å². The first-order chi connectivity index (χ1) is 12.2. The summed E-state index contributed by atoms with van der Waals surface area (Å²) in [5, 5.41) is 0.0367. The lowest BCUT2D eigenvalue weighted by Crippen LogP contribution is -2.48. The molecule has 0 fully saturated rings. The highest BCUT2D eigenvalue weighted by molar-refractivity contribution is 7.19. The van der Waals surface area contributed by atoms with Gasteiger partial charge >= 0.3 is 0 Å². The zero-order valence-electron chi connectivity index (χ0n) is 20.8. The van der Waals surface area contributed by atoms with Gasteiger partial charge in [0, 0.05) is 19.1 Å². The molecule has 0 bridgehead atoms. The Bertz CT molecular complexity index is 479. The Morgan fingerprint density at radius 2 is 1.25 bits per heavy atom. The van der Waals surface area contributed by atoms with Crippen molar-refractivity contribution >= 4 is 27.7 Å². The van der Waals surface area contributed by atoms with Gasteiger partial charge in [0.05, 0.1) is 10.9 Å². The Morgan fingerprint density at radius 1 is 0.750 bits per heavy atom. The minimum absolute atomic E-state index is 0.122. The lowest BCUT2D eigenvalue weighted by Gasteiger charge is -2.47. The molecule has 0 aromatic rings. The molecule has 5 atom stereocenters. The van der Waals surface area contributed by atoms with Crippen LogP contribution in [0.2, 0.25) is 0 Å². The number of hydrogen-bond acceptors (Lipinski definition) is 2.